The van der Waals surface area contributed by atoms with Crippen LogP contribution in [0, 0.1) is 0 Å². The smallest absolute Gasteiger partial charge is 0.339 e. The van der Waals surface area contributed by atoms with Gasteiger partial charge in [0.25, 0.3) is 11.8 Å². The number of rotatable bonds is 7. The number of fused-ring (bicyclic) bond motifs is 1. The number of thioether (sulfide) groups is 1. The minimum atomic E-state index is -4.50. The van der Waals surface area contributed by atoms with Gasteiger partial charge in [0.05, 0.1) is 32.7 Å². The van der Waals surface area contributed by atoms with E-state index >= 15 is 0 Å². The van der Waals surface area contributed by atoms with Crippen LogP contribution in [-0.4, -0.2) is 46.4 Å². The average Bonchev–Trinajstić information content (AvgIpc) is 3.61. The summed E-state index contributed by atoms with van der Waals surface area (Å²) in [5.41, 5.74) is 1.09. The van der Waals surface area contributed by atoms with Gasteiger partial charge in [0.1, 0.15) is 0 Å². The number of carbonyl (C=O) groups excluding carboxylic acids is 3. The maximum atomic E-state index is 13.1. The van der Waals surface area contributed by atoms with E-state index in [9.17, 15) is 27.6 Å². The summed E-state index contributed by atoms with van der Waals surface area (Å²) in [6.45, 7) is 1.37. The van der Waals surface area contributed by atoms with E-state index in [1.807, 2.05) is 0 Å². The van der Waals surface area contributed by atoms with Crippen LogP contribution >= 0.6 is 23.1 Å². The lowest BCUT2D eigenvalue weighted by molar-refractivity contribution is -0.137. The summed E-state index contributed by atoms with van der Waals surface area (Å²) in [4.78, 5) is 44.6. The van der Waals surface area contributed by atoms with Crippen LogP contribution in [0.4, 0.5) is 24.5 Å². The highest BCUT2D eigenvalue weighted by Gasteiger charge is 2.30. The first kappa shape index (κ1) is 27.7. The number of carbonyl (C=O) groups is 3. The Balaban J connectivity index is 1.22. The molecule has 1 saturated heterocycles. The number of hydrogen-bond donors (Lipinski definition) is 2. The molecule has 0 radical (unpaired) electrons. The first-order valence-corrected chi connectivity index (χ1v) is 14.2. The molecule has 0 bridgehead atoms. The van der Waals surface area contributed by atoms with Gasteiger partial charge in [-0.2, -0.15) is 13.2 Å². The third kappa shape index (κ3) is 6.45. The van der Waals surface area contributed by atoms with E-state index in [1.54, 1.807) is 47.4 Å². The van der Waals surface area contributed by atoms with Gasteiger partial charge in [-0.1, -0.05) is 30.0 Å². The van der Waals surface area contributed by atoms with Crippen LogP contribution in [0.1, 0.15) is 39.1 Å². The second kappa shape index (κ2) is 11.7. The van der Waals surface area contributed by atoms with E-state index in [0.717, 1.165) is 41.4 Å². The van der Waals surface area contributed by atoms with E-state index in [-0.39, 0.29) is 17.3 Å². The van der Waals surface area contributed by atoms with Crippen molar-refractivity contribution in [1.82, 2.24) is 9.88 Å². The zero-order valence-corrected chi connectivity index (χ0v) is 22.6. The molecule has 1 aliphatic rings. The van der Waals surface area contributed by atoms with Crippen molar-refractivity contribution in [3.8, 4) is 0 Å². The van der Waals surface area contributed by atoms with Crippen molar-refractivity contribution in [2.24, 2.45) is 0 Å². The van der Waals surface area contributed by atoms with Crippen molar-refractivity contribution in [3.63, 3.8) is 0 Å². The van der Waals surface area contributed by atoms with Crippen molar-refractivity contribution in [1.29, 1.82) is 0 Å². The van der Waals surface area contributed by atoms with Crippen LogP contribution in [0.3, 0.4) is 0 Å². The van der Waals surface area contributed by atoms with E-state index in [2.05, 4.69) is 15.6 Å². The Morgan fingerprint density at radius 3 is 2.38 bits per heavy atom. The molecule has 2 heterocycles. The Morgan fingerprint density at radius 1 is 0.900 bits per heavy atom. The Bertz CT molecular complexity index is 1580. The molecule has 0 atom stereocenters. The highest BCUT2D eigenvalue weighted by atomic mass is 32.2. The largest absolute Gasteiger partial charge is 0.416 e. The van der Waals surface area contributed by atoms with Crippen molar-refractivity contribution in [2.45, 2.75) is 23.4 Å². The average molecular weight is 585 g/mol. The lowest BCUT2D eigenvalue weighted by atomic mass is 10.1. The molecule has 2 N–H and O–H groups in total. The highest BCUT2D eigenvalue weighted by molar-refractivity contribution is 8.01. The molecule has 0 spiro atoms. The Morgan fingerprint density at radius 2 is 1.62 bits per heavy atom. The molecule has 12 heteroatoms. The molecule has 3 amide bonds. The number of aromatic nitrogens is 1. The third-order valence-corrected chi connectivity index (χ3v) is 8.38. The standard InChI is InChI=1S/C28H23F3N4O3S2/c29-28(30,31)17-6-5-7-18(14-17)32-24(36)16-39-27-34-22-11-10-19(15-23(22)40-27)33-25(37)20-8-1-2-9-21(20)26(38)35-12-3-4-13-35/h1-2,5-11,14-15H,3-4,12-13,16H2,(H,32,36)(H,33,37). The number of benzene rings is 3. The molecule has 0 saturated carbocycles. The fraction of sp³-hybridized carbons (Fsp3) is 0.214. The molecule has 3 aromatic carbocycles. The molecular formula is C28H23F3N4O3S2. The molecular weight excluding hydrogens is 561 g/mol. The zero-order valence-electron chi connectivity index (χ0n) is 21.0. The fourth-order valence-electron chi connectivity index (χ4n) is 4.30. The molecule has 7 nitrogen and oxygen atoms in total. The number of halogens is 3. The summed E-state index contributed by atoms with van der Waals surface area (Å²) in [5.74, 6) is -1.05. The lowest BCUT2D eigenvalue weighted by Crippen LogP contribution is -2.29. The van der Waals surface area contributed by atoms with Gasteiger partial charge in [-0.15, -0.1) is 11.3 Å². The lowest BCUT2D eigenvalue weighted by Gasteiger charge is -2.17. The summed E-state index contributed by atoms with van der Waals surface area (Å²) in [6, 6.07) is 16.4. The Hall–Kier alpha value is -3.90. The highest BCUT2D eigenvalue weighted by Crippen LogP contribution is 2.33. The van der Waals surface area contributed by atoms with Crippen LogP contribution in [0.25, 0.3) is 10.2 Å². The van der Waals surface area contributed by atoms with Crippen LogP contribution in [0.15, 0.2) is 71.1 Å². The summed E-state index contributed by atoms with van der Waals surface area (Å²) in [6.07, 6.45) is -2.59. The van der Waals surface area contributed by atoms with Gasteiger partial charge in [0.15, 0.2) is 4.34 Å². The predicted octanol–water partition coefficient (Wildman–Crippen LogP) is 6.53. The summed E-state index contributed by atoms with van der Waals surface area (Å²) >= 11 is 2.49. The monoisotopic (exact) mass is 584 g/mol. The zero-order chi connectivity index (χ0) is 28.3. The number of nitrogens with zero attached hydrogens (tertiary/aromatic N) is 2. The topological polar surface area (TPSA) is 91.4 Å². The van der Waals surface area contributed by atoms with Crippen molar-refractivity contribution in [2.75, 3.05) is 29.5 Å². The fourth-order valence-corrected chi connectivity index (χ4v) is 6.20. The number of anilines is 2. The van der Waals surface area contributed by atoms with Crippen molar-refractivity contribution in [3.05, 3.63) is 83.4 Å². The van der Waals surface area contributed by atoms with E-state index in [4.69, 9.17) is 0 Å². The van der Waals surface area contributed by atoms with Gasteiger partial charge in [-0.25, -0.2) is 4.98 Å². The number of amides is 3. The molecule has 1 aliphatic heterocycles. The second-order valence-corrected chi connectivity index (χ2v) is 11.3. The maximum Gasteiger partial charge on any atom is 0.416 e. The molecule has 40 heavy (non-hydrogen) atoms. The van der Waals surface area contributed by atoms with Gasteiger partial charge in [-0.3, -0.25) is 14.4 Å². The van der Waals surface area contributed by atoms with Gasteiger partial charge < -0.3 is 15.5 Å². The number of alkyl halides is 3. The normalized spacial score (nSPS) is 13.4. The molecule has 0 unspecified atom stereocenters. The minimum Gasteiger partial charge on any atom is -0.339 e. The van der Waals surface area contributed by atoms with Crippen LogP contribution in [0.5, 0.6) is 0 Å². The predicted molar refractivity (Wildman–Crippen MR) is 150 cm³/mol. The van der Waals surface area contributed by atoms with Gasteiger partial charge >= 0.3 is 6.18 Å². The molecule has 1 fully saturated rings. The van der Waals surface area contributed by atoms with Crippen molar-refractivity contribution >= 4 is 62.4 Å². The van der Waals surface area contributed by atoms with E-state index in [1.165, 1.54) is 23.5 Å². The number of thiazole rings is 1. The SMILES string of the molecule is O=C(CSc1nc2ccc(NC(=O)c3ccccc3C(=O)N3CCCC3)cc2s1)Nc1cccc(C(F)(F)F)c1. The second-order valence-electron chi connectivity index (χ2n) is 9.08. The molecule has 1 aromatic heterocycles. The maximum absolute atomic E-state index is 13.1. The number of nitrogens with one attached hydrogen (secondary N) is 2. The molecule has 5 rings (SSSR count). The van der Waals surface area contributed by atoms with Crippen LogP contribution < -0.4 is 10.6 Å². The Labute approximate surface area is 235 Å². The summed E-state index contributed by atoms with van der Waals surface area (Å²) < 4.78 is 40.1. The Kier molecular flexibility index (Phi) is 8.08. The summed E-state index contributed by atoms with van der Waals surface area (Å²) in [7, 11) is 0. The van der Waals surface area contributed by atoms with Gasteiger partial charge in [0, 0.05) is 24.5 Å². The van der Waals surface area contributed by atoms with Gasteiger partial charge in [-0.05, 0) is 61.4 Å². The summed E-state index contributed by atoms with van der Waals surface area (Å²) in [5, 5.41) is 5.33. The third-order valence-electron chi connectivity index (χ3n) is 6.22. The van der Waals surface area contributed by atoms with Crippen LogP contribution in [-0.2, 0) is 11.0 Å². The molecule has 206 valence electrons. The molecule has 4 aromatic rings. The van der Waals surface area contributed by atoms with Gasteiger partial charge in [0.2, 0.25) is 5.91 Å². The van der Waals surface area contributed by atoms with Crippen LogP contribution in [0.2, 0.25) is 0 Å². The van der Waals surface area contributed by atoms with E-state index in [0.29, 0.717) is 39.8 Å². The van der Waals surface area contributed by atoms with E-state index < -0.39 is 23.6 Å². The first-order chi connectivity index (χ1) is 19.2. The number of hydrogen-bond acceptors (Lipinski definition) is 6. The van der Waals surface area contributed by atoms with Crippen molar-refractivity contribution < 1.29 is 27.6 Å². The minimum absolute atomic E-state index is 0.0402. The quantitative estimate of drug-likeness (QED) is 0.241. The molecule has 0 aliphatic carbocycles. The first-order valence-electron chi connectivity index (χ1n) is 12.4. The number of likely N-dealkylation sites (tertiary alicyclic amines) is 1.